The molecule has 2 aliphatic carbocycles. The van der Waals surface area contributed by atoms with Crippen molar-refractivity contribution in [2.24, 2.45) is 11.1 Å². The number of anilines is 1. The summed E-state index contributed by atoms with van der Waals surface area (Å²) in [4.78, 5) is 23.0. The van der Waals surface area contributed by atoms with Crippen molar-refractivity contribution >= 4 is 33.4 Å². The maximum Gasteiger partial charge on any atom is 0.409 e. The number of amides is 1. The number of benzene rings is 1. The van der Waals surface area contributed by atoms with Crippen LogP contribution in [-0.4, -0.2) is 81.9 Å². The van der Waals surface area contributed by atoms with Gasteiger partial charge in [0.25, 0.3) is 0 Å². The Morgan fingerprint density at radius 3 is 2.76 bits per heavy atom. The second kappa shape index (κ2) is 10.8. The van der Waals surface area contributed by atoms with Gasteiger partial charge in [-0.15, -0.1) is 5.10 Å². The van der Waals surface area contributed by atoms with Crippen LogP contribution in [0.15, 0.2) is 30.6 Å². The largest absolute Gasteiger partial charge is 0.450 e. The van der Waals surface area contributed by atoms with Crippen molar-refractivity contribution in [2.75, 3.05) is 31.6 Å². The Kier molecular flexibility index (Phi) is 7.30. The Hall–Kier alpha value is -3.40. The highest BCUT2D eigenvalue weighted by molar-refractivity contribution is 7.84. The van der Waals surface area contributed by atoms with Crippen LogP contribution in [0, 0.1) is 5.92 Å². The van der Waals surface area contributed by atoms with Crippen LogP contribution in [0.4, 0.5) is 10.6 Å². The molecule has 14 nitrogen and oxygen atoms in total. The molecule has 1 saturated heterocycles. The van der Waals surface area contributed by atoms with Gasteiger partial charge in [-0.1, -0.05) is 29.5 Å². The fraction of sp³-hybridized carbons (Fsp3) is 0.577. The van der Waals surface area contributed by atoms with Gasteiger partial charge < -0.3 is 20.1 Å². The first-order valence-corrected chi connectivity index (χ1v) is 15.3. The monoisotopic (exact) mass is 586 g/mol. The number of carbonyl (C=O) groups is 1. The molecule has 2 fully saturated rings. The Balaban J connectivity index is 1.21. The van der Waals surface area contributed by atoms with Gasteiger partial charge in [-0.3, -0.25) is 4.18 Å². The average Bonchev–Trinajstić information content (AvgIpc) is 3.63. The predicted octanol–water partition coefficient (Wildman–Crippen LogP) is 1.80. The number of nitrogens with two attached hydrogens (primary N) is 1. The SMILES string of the molecule is CCOC(=O)N1CCC2(CC1)C[C@H](Nc1ncnc3c1nnn3[C@@H]1C[C@@H](COS(N)(=O)=O)[C@@H](O)C1)c1ccccc12. The summed E-state index contributed by atoms with van der Waals surface area (Å²) in [5, 5.41) is 27.8. The molecule has 0 radical (unpaired) electrons. The number of carbonyl (C=O) groups excluding carboxylic acids is 1. The topological polar surface area (TPSA) is 188 Å². The molecule has 1 aromatic carbocycles. The van der Waals surface area contributed by atoms with E-state index >= 15 is 0 Å². The molecule has 1 amide bonds. The number of rotatable bonds is 7. The van der Waals surface area contributed by atoms with Crippen molar-refractivity contribution in [2.45, 2.75) is 62.6 Å². The number of nitrogens with one attached hydrogen (secondary N) is 1. The van der Waals surface area contributed by atoms with Crippen LogP contribution >= 0.6 is 0 Å². The number of hydrogen-bond donors (Lipinski definition) is 3. The number of piperidine rings is 1. The number of ether oxygens (including phenoxy) is 1. The first-order chi connectivity index (χ1) is 19.7. The fourth-order valence-electron chi connectivity index (χ4n) is 6.74. The Morgan fingerprint density at radius 2 is 2.00 bits per heavy atom. The third-order valence-corrected chi connectivity index (χ3v) is 9.21. The number of likely N-dealkylation sites (tertiary alicyclic amines) is 1. The molecule has 4 N–H and O–H groups in total. The first-order valence-electron chi connectivity index (χ1n) is 13.9. The lowest BCUT2D eigenvalue weighted by Gasteiger charge is -2.39. The highest BCUT2D eigenvalue weighted by Crippen LogP contribution is 2.51. The molecule has 0 bridgehead atoms. The molecular weight excluding hydrogens is 552 g/mol. The van der Waals surface area contributed by atoms with E-state index in [9.17, 15) is 18.3 Å². The van der Waals surface area contributed by atoms with Crippen LogP contribution in [0.5, 0.6) is 0 Å². The molecule has 220 valence electrons. The molecule has 1 saturated carbocycles. The molecule has 3 heterocycles. The lowest BCUT2D eigenvalue weighted by atomic mass is 9.73. The van der Waals surface area contributed by atoms with Crippen LogP contribution in [0.1, 0.15) is 62.2 Å². The summed E-state index contributed by atoms with van der Waals surface area (Å²) < 4.78 is 34.0. The van der Waals surface area contributed by atoms with E-state index in [1.54, 1.807) is 9.58 Å². The molecular formula is C26H34N8O6S. The van der Waals surface area contributed by atoms with Gasteiger partial charge in [-0.25, -0.2) is 24.6 Å². The van der Waals surface area contributed by atoms with Crippen molar-refractivity contribution in [1.29, 1.82) is 0 Å². The normalized spacial score (nSPS) is 25.5. The fourth-order valence-corrected chi connectivity index (χ4v) is 7.11. The zero-order valence-corrected chi connectivity index (χ0v) is 23.5. The molecule has 6 rings (SSSR count). The van der Waals surface area contributed by atoms with Gasteiger partial charge in [0.05, 0.1) is 31.4 Å². The number of nitrogens with zero attached hydrogens (tertiary/aromatic N) is 6. The van der Waals surface area contributed by atoms with Crippen molar-refractivity contribution in [1.82, 2.24) is 29.9 Å². The van der Waals surface area contributed by atoms with Gasteiger partial charge in [-0.05, 0) is 50.2 Å². The summed E-state index contributed by atoms with van der Waals surface area (Å²) in [6.07, 6.45) is 3.76. The molecule has 3 aliphatic rings. The highest BCUT2D eigenvalue weighted by Gasteiger charge is 2.46. The zero-order valence-electron chi connectivity index (χ0n) is 22.7. The van der Waals surface area contributed by atoms with Gasteiger partial charge in [0.2, 0.25) is 0 Å². The Morgan fingerprint density at radius 1 is 1.22 bits per heavy atom. The second-order valence-corrected chi connectivity index (χ2v) is 12.3. The summed E-state index contributed by atoms with van der Waals surface area (Å²) in [5.74, 6) is 0.146. The number of fused-ring (bicyclic) bond motifs is 3. The van der Waals surface area contributed by atoms with Crippen molar-refractivity contribution < 1.29 is 27.2 Å². The molecule has 1 aliphatic heterocycles. The van der Waals surface area contributed by atoms with Crippen LogP contribution in [-0.2, 0) is 24.6 Å². The summed E-state index contributed by atoms with van der Waals surface area (Å²) in [7, 11) is -4.10. The molecule has 15 heteroatoms. The van der Waals surface area contributed by atoms with E-state index < -0.39 is 22.3 Å². The van der Waals surface area contributed by atoms with E-state index in [2.05, 4.69) is 43.8 Å². The van der Waals surface area contributed by atoms with E-state index in [1.165, 1.54) is 17.5 Å². The quantitative estimate of drug-likeness (QED) is 0.366. The first kappa shape index (κ1) is 27.8. The Labute approximate surface area is 237 Å². The smallest absolute Gasteiger partial charge is 0.409 e. The van der Waals surface area contributed by atoms with Crippen LogP contribution < -0.4 is 10.5 Å². The lowest BCUT2D eigenvalue weighted by Crippen LogP contribution is -2.44. The summed E-state index contributed by atoms with van der Waals surface area (Å²) in [6.45, 7) is 3.26. The lowest BCUT2D eigenvalue weighted by molar-refractivity contribution is 0.0856. The summed E-state index contributed by atoms with van der Waals surface area (Å²) >= 11 is 0. The second-order valence-electron chi connectivity index (χ2n) is 11.1. The van der Waals surface area contributed by atoms with E-state index in [0.717, 1.165) is 19.3 Å². The van der Waals surface area contributed by atoms with Crippen molar-refractivity contribution in [3.05, 3.63) is 41.7 Å². The van der Waals surface area contributed by atoms with Gasteiger partial charge in [0, 0.05) is 24.4 Å². The van der Waals surface area contributed by atoms with Crippen LogP contribution in [0.3, 0.4) is 0 Å². The standard InChI is InChI=1S/C26H34N8O6S/c1-2-39-25(36)33-9-7-26(8-10-33)13-20(18-5-3-4-6-19(18)26)30-23-22-24(29-15-28-23)34(32-31-22)17-11-16(21(35)12-17)14-40-41(27,37)38/h3-6,15-17,20-21,35H,2,7-14H2,1H3,(H2,27,37,38)(H,28,29,30)/t16-,17+,20-,21-/m0/s1. The maximum atomic E-state index is 12.3. The number of aliphatic hydroxyl groups excluding tert-OH is 1. The van der Waals surface area contributed by atoms with Crippen LogP contribution in [0.25, 0.3) is 11.2 Å². The minimum Gasteiger partial charge on any atom is -0.450 e. The molecule has 41 heavy (non-hydrogen) atoms. The van der Waals surface area contributed by atoms with E-state index in [1.807, 2.05) is 13.0 Å². The van der Waals surface area contributed by atoms with Gasteiger partial charge in [0.15, 0.2) is 17.0 Å². The maximum absolute atomic E-state index is 12.3. The number of aromatic nitrogens is 5. The predicted molar refractivity (Wildman–Crippen MR) is 147 cm³/mol. The minimum absolute atomic E-state index is 0.0170. The highest BCUT2D eigenvalue weighted by atomic mass is 32.2. The summed E-state index contributed by atoms with van der Waals surface area (Å²) in [5.41, 5.74) is 3.48. The molecule has 2 aromatic heterocycles. The zero-order chi connectivity index (χ0) is 28.8. The van der Waals surface area contributed by atoms with Gasteiger partial charge >= 0.3 is 16.4 Å². The van der Waals surface area contributed by atoms with Crippen LogP contribution in [0.2, 0.25) is 0 Å². The molecule has 3 aromatic rings. The number of aliphatic hydroxyl groups is 1. The van der Waals surface area contributed by atoms with E-state index in [-0.39, 0.29) is 30.2 Å². The van der Waals surface area contributed by atoms with Gasteiger partial charge in [-0.2, -0.15) is 8.42 Å². The van der Waals surface area contributed by atoms with Gasteiger partial charge in [0.1, 0.15) is 6.33 Å². The Bertz CT molecular complexity index is 1540. The molecule has 1 spiro atoms. The molecule has 0 unspecified atom stereocenters. The van der Waals surface area contributed by atoms with E-state index in [4.69, 9.17) is 14.1 Å². The third-order valence-electron chi connectivity index (χ3n) is 8.75. The number of hydrogen-bond acceptors (Lipinski definition) is 11. The van der Waals surface area contributed by atoms with Crippen molar-refractivity contribution in [3.63, 3.8) is 0 Å². The summed E-state index contributed by atoms with van der Waals surface area (Å²) in [6, 6.07) is 8.16. The third kappa shape index (κ3) is 5.34. The van der Waals surface area contributed by atoms with E-state index in [0.29, 0.717) is 49.5 Å². The average molecular weight is 587 g/mol. The molecule has 4 atom stereocenters. The minimum atomic E-state index is -4.10. The van der Waals surface area contributed by atoms with Crippen molar-refractivity contribution in [3.8, 4) is 0 Å².